The number of aldehydes is 2. The Kier molecular flexibility index (Phi) is 56.1. The van der Waals surface area contributed by atoms with Crippen LogP contribution in [0.3, 0.4) is 0 Å². The number of benzene rings is 1. The molecular formula is C95H108Cl4N26O18. The number of nitrogen functional groups attached to an aromatic ring is 1. The Balaban J connectivity index is 0.000000289. The summed E-state index contributed by atoms with van der Waals surface area (Å²) in [5.74, 6) is 4.37. The molecule has 0 atom stereocenters. The number of pyridine rings is 11. The van der Waals surface area contributed by atoms with Gasteiger partial charge in [0.2, 0.25) is 18.9 Å². The van der Waals surface area contributed by atoms with E-state index in [9.17, 15) is 28.8 Å². The molecule has 3 aliphatic heterocycles. The maximum Gasteiger partial charge on any atom is 0.420 e. The van der Waals surface area contributed by atoms with Gasteiger partial charge in [0, 0.05) is 106 Å². The van der Waals surface area contributed by atoms with Crippen molar-refractivity contribution in [2.24, 2.45) is 11.5 Å². The highest BCUT2D eigenvalue weighted by molar-refractivity contribution is 6.32. The third-order valence-electron chi connectivity index (χ3n) is 17.7. The van der Waals surface area contributed by atoms with Crippen LogP contribution in [0.25, 0.3) is 0 Å². The van der Waals surface area contributed by atoms with Crippen LogP contribution in [-0.4, -0.2) is 238 Å². The summed E-state index contributed by atoms with van der Waals surface area (Å²) in [5.41, 5.74) is 20.5. The minimum atomic E-state index is -0.518. The quantitative estimate of drug-likeness (QED) is 0.0123. The number of halogens is 4. The van der Waals surface area contributed by atoms with Crippen LogP contribution in [0.5, 0.6) is 5.75 Å². The number of para-hydroxylation sites is 1. The number of methoxy groups -OCH3 is 3. The predicted octanol–water partition coefficient (Wildman–Crippen LogP) is 13.2. The molecule has 3 aliphatic rings. The Hall–Kier alpha value is -15.4. The van der Waals surface area contributed by atoms with Crippen molar-refractivity contribution in [1.29, 1.82) is 15.8 Å². The number of hydrogen-bond donors (Lipinski definition) is 11. The van der Waals surface area contributed by atoms with E-state index in [4.69, 9.17) is 122 Å². The van der Waals surface area contributed by atoms with Crippen molar-refractivity contribution in [2.75, 3.05) is 189 Å². The number of rotatable bonds is 23. The second-order valence-corrected chi connectivity index (χ2v) is 29.1. The first-order valence-corrected chi connectivity index (χ1v) is 44.1. The fraction of sp³-hybridized carbons (Fsp3) is 0.263. The zero-order valence-corrected chi connectivity index (χ0v) is 82.4. The summed E-state index contributed by atoms with van der Waals surface area (Å²) in [6.07, 6.45) is 3.56. The topological polar surface area (TPSA) is 608 Å². The Morgan fingerprint density at radius 1 is 0.469 bits per heavy atom. The number of nitriles is 3. The lowest BCUT2D eigenvalue weighted by molar-refractivity contribution is -0.0473. The van der Waals surface area contributed by atoms with Crippen LogP contribution < -0.4 is 68.5 Å². The van der Waals surface area contributed by atoms with Gasteiger partial charge in [-0.25, -0.2) is 74.0 Å². The van der Waals surface area contributed by atoms with Crippen LogP contribution in [-0.2, 0) is 55.8 Å². The highest BCUT2D eigenvalue weighted by Crippen LogP contribution is 2.29. The summed E-state index contributed by atoms with van der Waals surface area (Å²) < 4.78 is 51.5. The molecule has 0 spiro atoms. The molecule has 0 bridgehead atoms. The molecular weight excluding hydrogens is 1940 g/mol. The molecule has 0 aliphatic carbocycles. The van der Waals surface area contributed by atoms with Gasteiger partial charge in [0.25, 0.3) is 0 Å². The van der Waals surface area contributed by atoms with E-state index in [0.29, 0.717) is 163 Å². The number of carbonyl (C=O) groups is 6. The van der Waals surface area contributed by atoms with Crippen molar-refractivity contribution in [2.45, 2.75) is 32.1 Å². The largest absolute Gasteiger partial charge is 0.464 e. The van der Waals surface area contributed by atoms with E-state index >= 15 is 0 Å². The predicted molar refractivity (Wildman–Crippen MR) is 539 cm³/mol. The van der Waals surface area contributed by atoms with Crippen LogP contribution in [0.15, 0.2) is 213 Å². The Morgan fingerprint density at radius 2 is 0.881 bits per heavy atom. The van der Waals surface area contributed by atoms with Gasteiger partial charge < -0.3 is 96.0 Å². The lowest BCUT2D eigenvalue weighted by Crippen LogP contribution is -2.32. The average molecular weight is 2040 g/mol. The van der Waals surface area contributed by atoms with Gasteiger partial charge in [-0.3, -0.25) is 34.9 Å². The number of nitrogens with zero attached hydrogens (tertiary/aromatic N) is 17. The number of esters is 1. The van der Waals surface area contributed by atoms with Crippen molar-refractivity contribution in [3.63, 3.8) is 0 Å². The molecule has 143 heavy (non-hydrogen) atoms. The number of hydrogen-bond acceptors (Lipinski definition) is 39. The van der Waals surface area contributed by atoms with E-state index in [-0.39, 0.29) is 58.3 Å². The fourth-order valence-corrected chi connectivity index (χ4v) is 11.4. The van der Waals surface area contributed by atoms with E-state index in [1.807, 2.05) is 61.7 Å². The monoisotopic (exact) mass is 2040 g/mol. The molecule has 3 fully saturated rings. The van der Waals surface area contributed by atoms with E-state index in [0.717, 1.165) is 23.6 Å². The van der Waals surface area contributed by atoms with Gasteiger partial charge in [0.15, 0.2) is 12.6 Å². The molecule has 0 saturated carbocycles. The number of aliphatic hydroxyl groups is 2. The van der Waals surface area contributed by atoms with E-state index in [2.05, 4.69) is 102 Å². The Bertz CT molecular complexity index is 6030. The average Bonchev–Trinajstić information content (AvgIpc) is 1.83. The number of amides is 5. The van der Waals surface area contributed by atoms with Crippen LogP contribution in [0.4, 0.5) is 72.4 Å². The zero-order chi connectivity index (χ0) is 105. The van der Waals surface area contributed by atoms with Crippen molar-refractivity contribution in [3.8, 4) is 24.0 Å². The second kappa shape index (κ2) is 67.9. The van der Waals surface area contributed by atoms with Crippen LogP contribution in [0, 0.1) is 34.0 Å². The van der Waals surface area contributed by atoms with E-state index in [1.54, 1.807) is 182 Å². The molecule has 11 aromatic heterocycles. The number of aromatic nitrogens is 11. The molecule has 12 aromatic rings. The number of nitrogens with one attached hydrogen (secondary N) is 6. The summed E-state index contributed by atoms with van der Waals surface area (Å²) in [6.45, 7) is 5.61. The van der Waals surface area contributed by atoms with Crippen molar-refractivity contribution < 1.29 is 86.3 Å². The fourth-order valence-electron chi connectivity index (χ4n) is 10.7. The maximum absolute atomic E-state index is 12.4. The van der Waals surface area contributed by atoms with Gasteiger partial charge in [-0.15, -0.1) is 0 Å². The number of ether oxygens (including phenoxy) is 10. The van der Waals surface area contributed by atoms with Gasteiger partial charge in [0.05, 0.1) is 134 Å². The number of anilines is 10. The first kappa shape index (κ1) is 118. The highest BCUT2D eigenvalue weighted by Gasteiger charge is 2.26. The van der Waals surface area contributed by atoms with Crippen molar-refractivity contribution in [1.82, 2.24) is 54.8 Å². The summed E-state index contributed by atoms with van der Waals surface area (Å²) >= 11 is 22.6. The van der Waals surface area contributed by atoms with Gasteiger partial charge in [-0.05, 0) is 116 Å². The molecule has 0 unspecified atom stereocenters. The minimum absolute atomic E-state index is 0.00444. The van der Waals surface area contributed by atoms with Gasteiger partial charge in [-0.1, -0.05) is 113 Å². The molecule has 5 amide bonds. The van der Waals surface area contributed by atoms with Crippen LogP contribution in [0.1, 0.15) is 95.5 Å². The first-order chi connectivity index (χ1) is 69.2. The number of carbonyl (C=O) groups excluding carboxylic acids is 6. The Labute approximate surface area is 845 Å². The number of aliphatic hydroxyl groups excluding tert-OH is 2. The molecule has 754 valence electrons. The highest BCUT2D eigenvalue weighted by atomic mass is 35.5. The molecule has 14 heterocycles. The SMILES string of the molecule is CN.CN(C(=O)Nc1cc(Cl)c(C#N)cn1)c1cccc(C2OCCO2)n1.CN(C(=O)Oc1ccccc1)c1cccc(C2OCCO2)n1.CNc1cccc(C2OCCO2)n1.CNc1cccc(C=O)n1.CNc1cccc(CO)n1.COC(=O)c1cccc(Cl)n1.COCCN.COCCNc1cc(NC(=O)N(C)c2cccc(C=O)n2)ncc1C#N.N#Cc1cnc(N)cc1Cl.OCc1cccc(Cl)n1. The van der Waals surface area contributed by atoms with Crippen LogP contribution in [0.2, 0.25) is 20.4 Å². The molecule has 3 saturated heterocycles. The second-order valence-electron chi connectivity index (χ2n) is 27.5. The third kappa shape index (κ3) is 43.1. The minimum Gasteiger partial charge on any atom is -0.464 e. The van der Waals surface area contributed by atoms with Gasteiger partial charge in [0.1, 0.15) is 104 Å². The smallest absolute Gasteiger partial charge is 0.420 e. The van der Waals surface area contributed by atoms with E-state index < -0.39 is 36.7 Å². The normalized spacial score (nSPS) is 11.7. The van der Waals surface area contributed by atoms with E-state index in [1.165, 1.54) is 72.7 Å². The van der Waals surface area contributed by atoms with Crippen LogP contribution >= 0.6 is 46.4 Å². The first-order valence-electron chi connectivity index (χ1n) is 42.6. The molecule has 15 rings (SSSR count). The number of urea groups is 2. The molecule has 0 radical (unpaired) electrons. The zero-order valence-electron chi connectivity index (χ0n) is 79.4. The Morgan fingerprint density at radius 3 is 1.33 bits per heavy atom. The maximum atomic E-state index is 12.4. The molecule has 1 aromatic carbocycles. The summed E-state index contributed by atoms with van der Waals surface area (Å²) in [5, 5.41) is 61.8. The standard InChI is InChI=1S/C17H18N6O3.C16H14ClN5O3.C16H16N2O4.C9H12N2O2.C7H6ClNO2.C7H10N2O.C7H8N2O.C6H4ClN3.C6H6ClNO.C3H9NO.CH5N/c1-23(16-5-3-4-13(11-24)21-16)17(25)22-15-8-14(19-6-7-26-2)12(9-18)10-20-15;1-22(14-4-2-3-12(20-14)15-24-5-6-25-15)16(23)21-13-7-11(17)10(8-18)9-19-13;1-18(16(19)22-12-6-3-2-4-7-12)14-9-5-8-13(17-14)15-20-10-11-21-15;1-10-8-4-2-3-7(11-8)9-12-5-6-13-9;1-11-7(10)5-3-2-4-6(8)9-5;2*1-8-7-4-2-3-6(5-10)9-7;7-5-1-6(9)10-3-4(5)2-8;7-6-3-1-2-5(4-9)8-6;1-5-3-2-4;1-2/h3-5,8,10-11H,6-7H2,1-2H3,(H2,19,20,22,25);2-4,7,9,15H,5-6H2,1H3,(H,19,21,23);2-9,15H,10-11H2,1H3;2-4,9H,5-6H2,1H3,(H,10,11);2-4H,1H3;2-4,10H,5H2,1H3,(H,8,9);2-5H,1H3,(H,8,9);1,3H,(H2,9,10);1-3,9H,4H2;2-4H2,1H3;2H2,1H3. The summed E-state index contributed by atoms with van der Waals surface area (Å²) in [6, 6.07) is 59.9. The third-order valence-corrected chi connectivity index (χ3v) is 18.7. The molecule has 44 nitrogen and oxygen atoms in total. The van der Waals surface area contributed by atoms with Gasteiger partial charge in [-0.2, -0.15) is 15.8 Å². The summed E-state index contributed by atoms with van der Waals surface area (Å²) in [7, 11) is 16.1. The molecule has 48 heteroatoms. The van der Waals surface area contributed by atoms with Crippen molar-refractivity contribution in [3.05, 3.63) is 295 Å². The summed E-state index contributed by atoms with van der Waals surface area (Å²) in [4.78, 5) is 117. The lowest BCUT2D eigenvalue weighted by atomic mass is 10.2. The molecule has 14 N–H and O–H groups in total. The lowest BCUT2D eigenvalue weighted by Gasteiger charge is -2.18. The van der Waals surface area contributed by atoms with Gasteiger partial charge >= 0.3 is 24.1 Å². The number of nitrogens with two attached hydrogens (primary N) is 3. The van der Waals surface area contributed by atoms with Crippen molar-refractivity contribution >= 4 is 141 Å².